The van der Waals surface area contributed by atoms with Crippen molar-refractivity contribution >= 4 is 44.9 Å². The van der Waals surface area contributed by atoms with Gasteiger partial charge in [-0.1, -0.05) is 11.6 Å². The summed E-state index contributed by atoms with van der Waals surface area (Å²) >= 11 is 6.10. The maximum absolute atomic E-state index is 13.1. The Morgan fingerprint density at radius 1 is 1.20 bits per heavy atom. The number of nitriles is 1. The molecular weight excluding hydrogens is 488 g/mol. The lowest BCUT2D eigenvalue weighted by Gasteiger charge is -2.20. The highest BCUT2D eigenvalue weighted by Crippen LogP contribution is 2.35. The smallest absolute Gasteiger partial charge is 0.243 e. The molecule has 0 bridgehead atoms. The minimum Gasteiger partial charge on any atom is -0.325 e. The maximum atomic E-state index is 13.1. The van der Waals surface area contributed by atoms with Crippen LogP contribution < -0.4 is 10.6 Å². The standard InChI is InChI=1S/C24H21ClN6O3S/c25-16-2-9-20-21(13-16)29-22(32)12-15-14-27-24(30-23(15)20)28-17-3-7-19(8-4-17)35(33,34)31(11-1-10-26)18-5-6-18/h2-4,7-9,13-14,18H,1,5-6,11-12H2,(H,29,32)(H,27,28,30). The van der Waals surface area contributed by atoms with Gasteiger partial charge in [0.15, 0.2) is 0 Å². The van der Waals surface area contributed by atoms with Crippen LogP contribution in [-0.2, 0) is 21.2 Å². The number of sulfonamides is 1. The van der Waals surface area contributed by atoms with E-state index in [0.717, 1.165) is 18.4 Å². The molecule has 2 heterocycles. The number of carbonyl (C=O) groups excluding carboxylic acids is 1. The molecule has 1 aliphatic heterocycles. The number of anilines is 3. The molecule has 2 N–H and O–H groups in total. The molecule has 1 saturated carbocycles. The Labute approximate surface area is 207 Å². The zero-order valence-corrected chi connectivity index (χ0v) is 20.1. The SMILES string of the molecule is N#CCCN(C1CC1)S(=O)(=O)c1ccc(Nc2ncc3c(n2)-c2ccc(Cl)cc2NC(=O)C3)cc1. The predicted molar refractivity (Wildman–Crippen MR) is 132 cm³/mol. The first-order valence-corrected chi connectivity index (χ1v) is 12.9. The van der Waals surface area contributed by atoms with Gasteiger partial charge in [-0.15, -0.1) is 0 Å². The number of aromatic nitrogens is 2. The van der Waals surface area contributed by atoms with Gasteiger partial charge in [-0.05, 0) is 55.3 Å². The molecule has 2 aromatic carbocycles. The first kappa shape index (κ1) is 23.2. The molecule has 3 aromatic rings. The zero-order chi connectivity index (χ0) is 24.6. The van der Waals surface area contributed by atoms with Crippen LogP contribution in [0.4, 0.5) is 17.3 Å². The van der Waals surface area contributed by atoms with Gasteiger partial charge in [-0.3, -0.25) is 4.79 Å². The molecule has 0 spiro atoms. The number of amides is 1. The number of rotatable bonds is 7. The first-order chi connectivity index (χ1) is 16.8. The Bertz CT molecular complexity index is 1450. The number of fused-ring (bicyclic) bond motifs is 3. The first-order valence-electron chi connectivity index (χ1n) is 11.1. The monoisotopic (exact) mass is 508 g/mol. The fourth-order valence-electron chi connectivity index (χ4n) is 4.02. The summed E-state index contributed by atoms with van der Waals surface area (Å²) in [7, 11) is -3.68. The number of hydrogen-bond acceptors (Lipinski definition) is 7. The van der Waals surface area contributed by atoms with Crippen LogP contribution in [0.1, 0.15) is 24.8 Å². The predicted octanol–water partition coefficient (Wildman–Crippen LogP) is 4.10. The molecule has 1 fully saturated rings. The summed E-state index contributed by atoms with van der Waals surface area (Å²) in [6.07, 6.45) is 3.53. The van der Waals surface area contributed by atoms with Crippen LogP contribution in [0.5, 0.6) is 0 Å². The van der Waals surface area contributed by atoms with Crippen molar-refractivity contribution in [3.05, 3.63) is 59.2 Å². The van der Waals surface area contributed by atoms with E-state index >= 15 is 0 Å². The van der Waals surface area contributed by atoms with Crippen molar-refractivity contribution in [3.8, 4) is 17.3 Å². The van der Waals surface area contributed by atoms with Gasteiger partial charge in [0.1, 0.15) is 0 Å². The van der Waals surface area contributed by atoms with E-state index in [-0.39, 0.29) is 36.2 Å². The maximum Gasteiger partial charge on any atom is 0.243 e. The van der Waals surface area contributed by atoms with Gasteiger partial charge in [0, 0.05) is 47.0 Å². The Balaban J connectivity index is 1.40. The van der Waals surface area contributed by atoms with Gasteiger partial charge in [0.2, 0.25) is 21.9 Å². The van der Waals surface area contributed by atoms with E-state index < -0.39 is 10.0 Å². The summed E-state index contributed by atoms with van der Waals surface area (Å²) in [4.78, 5) is 21.4. The summed E-state index contributed by atoms with van der Waals surface area (Å²) < 4.78 is 27.6. The van der Waals surface area contributed by atoms with Crippen LogP contribution in [0.15, 0.2) is 53.6 Å². The minimum atomic E-state index is -3.68. The fourth-order valence-corrected chi connectivity index (χ4v) is 5.88. The van der Waals surface area contributed by atoms with Gasteiger partial charge in [0.05, 0.1) is 28.8 Å². The summed E-state index contributed by atoms with van der Waals surface area (Å²) in [5.41, 5.74) is 3.23. The third-order valence-corrected chi connectivity index (χ3v) is 8.04. The summed E-state index contributed by atoms with van der Waals surface area (Å²) in [6, 6.07) is 13.6. The number of hydrogen-bond donors (Lipinski definition) is 2. The highest BCUT2D eigenvalue weighted by Gasteiger charge is 2.37. The van der Waals surface area contributed by atoms with E-state index in [1.165, 1.54) is 16.4 Å². The van der Waals surface area contributed by atoms with Gasteiger partial charge in [-0.25, -0.2) is 18.4 Å². The second-order valence-electron chi connectivity index (χ2n) is 8.39. The molecule has 1 aliphatic carbocycles. The van der Waals surface area contributed by atoms with E-state index in [9.17, 15) is 13.2 Å². The Kier molecular flexibility index (Phi) is 6.15. The normalized spacial score (nSPS) is 14.9. The van der Waals surface area contributed by atoms with Crippen LogP contribution >= 0.6 is 11.6 Å². The van der Waals surface area contributed by atoms with Gasteiger partial charge in [-0.2, -0.15) is 9.57 Å². The molecule has 0 unspecified atom stereocenters. The van der Waals surface area contributed by atoms with E-state index in [0.29, 0.717) is 33.6 Å². The molecule has 2 aliphatic rings. The van der Waals surface area contributed by atoms with E-state index in [4.69, 9.17) is 16.9 Å². The molecule has 0 saturated heterocycles. The van der Waals surface area contributed by atoms with Crippen molar-refractivity contribution in [1.82, 2.24) is 14.3 Å². The average molecular weight is 509 g/mol. The van der Waals surface area contributed by atoms with Crippen LogP contribution in [0.3, 0.4) is 0 Å². The van der Waals surface area contributed by atoms with Crippen LogP contribution in [0, 0.1) is 11.3 Å². The zero-order valence-electron chi connectivity index (χ0n) is 18.5. The Morgan fingerprint density at radius 3 is 2.69 bits per heavy atom. The Morgan fingerprint density at radius 2 is 1.97 bits per heavy atom. The third kappa shape index (κ3) is 4.84. The molecule has 0 radical (unpaired) electrons. The summed E-state index contributed by atoms with van der Waals surface area (Å²) in [6.45, 7) is 0.191. The van der Waals surface area contributed by atoms with E-state index in [1.807, 2.05) is 6.07 Å². The van der Waals surface area contributed by atoms with Gasteiger partial charge < -0.3 is 10.6 Å². The largest absolute Gasteiger partial charge is 0.325 e. The minimum absolute atomic E-state index is 0.0294. The van der Waals surface area contributed by atoms with Gasteiger partial charge in [0.25, 0.3) is 0 Å². The molecule has 9 nitrogen and oxygen atoms in total. The molecule has 11 heteroatoms. The highest BCUT2D eigenvalue weighted by molar-refractivity contribution is 7.89. The van der Waals surface area contributed by atoms with Crippen molar-refractivity contribution in [2.75, 3.05) is 17.2 Å². The van der Waals surface area contributed by atoms with Crippen molar-refractivity contribution < 1.29 is 13.2 Å². The van der Waals surface area contributed by atoms with E-state index in [1.54, 1.807) is 36.5 Å². The molecule has 1 aromatic heterocycles. The third-order valence-electron chi connectivity index (χ3n) is 5.84. The number of nitrogens with one attached hydrogen (secondary N) is 2. The Hall–Kier alpha value is -3.52. The number of halogens is 1. The molecule has 35 heavy (non-hydrogen) atoms. The van der Waals surface area contributed by atoms with Crippen LogP contribution in [0.2, 0.25) is 5.02 Å². The number of benzene rings is 2. The second kappa shape index (κ2) is 9.26. The van der Waals surface area contributed by atoms with Crippen molar-refractivity contribution in [3.63, 3.8) is 0 Å². The lowest BCUT2D eigenvalue weighted by molar-refractivity contribution is -0.115. The number of carbonyl (C=O) groups is 1. The molecule has 178 valence electrons. The summed E-state index contributed by atoms with van der Waals surface area (Å²) in [5, 5.41) is 15.3. The molecule has 0 atom stereocenters. The van der Waals surface area contributed by atoms with Crippen molar-refractivity contribution in [1.29, 1.82) is 5.26 Å². The quantitative estimate of drug-likeness (QED) is 0.491. The summed E-state index contributed by atoms with van der Waals surface area (Å²) in [5.74, 6) is 0.131. The topological polar surface area (TPSA) is 128 Å². The molecule has 5 rings (SSSR count). The van der Waals surface area contributed by atoms with Crippen LogP contribution in [0.25, 0.3) is 11.3 Å². The number of nitrogens with zero attached hydrogens (tertiary/aromatic N) is 4. The van der Waals surface area contributed by atoms with Crippen molar-refractivity contribution in [2.45, 2.75) is 36.6 Å². The van der Waals surface area contributed by atoms with Crippen LogP contribution in [-0.4, -0.2) is 41.2 Å². The lowest BCUT2D eigenvalue weighted by atomic mass is 10.1. The second-order valence-corrected chi connectivity index (χ2v) is 10.7. The molecule has 1 amide bonds. The molecular formula is C24H21ClN6O3S. The fraction of sp³-hybridized carbons (Fsp3) is 0.250. The lowest BCUT2D eigenvalue weighted by Crippen LogP contribution is -2.33. The van der Waals surface area contributed by atoms with Crippen molar-refractivity contribution in [2.24, 2.45) is 0 Å². The van der Waals surface area contributed by atoms with Gasteiger partial charge >= 0.3 is 0 Å². The van der Waals surface area contributed by atoms with E-state index in [2.05, 4.69) is 20.6 Å². The average Bonchev–Trinajstić information content (AvgIpc) is 3.66. The highest BCUT2D eigenvalue weighted by atomic mass is 35.5.